The number of carbonyl (C=O) groups excluding carboxylic acids is 1. The molecule has 1 atom stereocenters. The number of carboxylic acid groups (broad SMARTS) is 1. The number of aromatic nitrogens is 1. The summed E-state index contributed by atoms with van der Waals surface area (Å²) in [5.74, 6) is -1.07. The van der Waals surface area contributed by atoms with E-state index in [1.807, 2.05) is 55.5 Å². The molecular formula is C20H21N3O3. The van der Waals surface area contributed by atoms with Crippen molar-refractivity contribution in [2.45, 2.75) is 25.9 Å². The number of amides is 2. The van der Waals surface area contributed by atoms with Crippen LogP contribution in [0.15, 0.2) is 54.7 Å². The number of fused-ring (bicyclic) bond motifs is 1. The molecule has 3 aromatic rings. The molecule has 1 heterocycles. The second kappa shape index (κ2) is 7.74. The number of benzene rings is 2. The highest BCUT2D eigenvalue weighted by atomic mass is 16.4. The minimum atomic E-state index is -1.07. The smallest absolute Gasteiger partial charge is 0.326 e. The summed E-state index contributed by atoms with van der Waals surface area (Å²) < 4.78 is 0. The number of H-pyrrole nitrogens is 1. The molecule has 2 amide bonds. The van der Waals surface area contributed by atoms with Gasteiger partial charge in [-0.05, 0) is 24.1 Å². The maximum Gasteiger partial charge on any atom is 0.326 e. The number of hydrogen-bond acceptors (Lipinski definition) is 2. The first-order chi connectivity index (χ1) is 12.5. The summed E-state index contributed by atoms with van der Waals surface area (Å²) >= 11 is 0. The van der Waals surface area contributed by atoms with Gasteiger partial charge >= 0.3 is 12.0 Å². The predicted molar refractivity (Wildman–Crippen MR) is 100.0 cm³/mol. The summed E-state index contributed by atoms with van der Waals surface area (Å²) in [5.41, 5.74) is 3.89. The van der Waals surface area contributed by atoms with Crippen molar-refractivity contribution in [1.82, 2.24) is 15.6 Å². The summed E-state index contributed by atoms with van der Waals surface area (Å²) in [7, 11) is 0. The molecule has 26 heavy (non-hydrogen) atoms. The Morgan fingerprint density at radius 2 is 1.85 bits per heavy atom. The van der Waals surface area contributed by atoms with Crippen LogP contribution in [0.5, 0.6) is 0 Å². The van der Waals surface area contributed by atoms with Gasteiger partial charge in [0.15, 0.2) is 0 Å². The third-order valence-corrected chi connectivity index (χ3v) is 4.28. The van der Waals surface area contributed by atoms with Crippen LogP contribution in [0.25, 0.3) is 10.9 Å². The van der Waals surface area contributed by atoms with Gasteiger partial charge in [0.25, 0.3) is 0 Å². The average molecular weight is 351 g/mol. The van der Waals surface area contributed by atoms with E-state index >= 15 is 0 Å². The molecule has 0 aliphatic rings. The normalized spacial score (nSPS) is 11.9. The van der Waals surface area contributed by atoms with Crippen LogP contribution in [0, 0.1) is 6.92 Å². The maximum absolute atomic E-state index is 12.1. The number of aromatic amines is 1. The molecule has 0 bridgehead atoms. The van der Waals surface area contributed by atoms with Crippen LogP contribution in [0.1, 0.15) is 16.7 Å². The average Bonchev–Trinajstić information content (AvgIpc) is 3.04. The molecule has 0 fully saturated rings. The molecule has 0 saturated heterocycles. The van der Waals surface area contributed by atoms with Crippen molar-refractivity contribution < 1.29 is 14.7 Å². The number of hydrogen-bond donors (Lipinski definition) is 4. The van der Waals surface area contributed by atoms with Crippen molar-refractivity contribution in [3.05, 3.63) is 71.4 Å². The second-order valence-electron chi connectivity index (χ2n) is 6.27. The first-order valence-electron chi connectivity index (χ1n) is 8.40. The molecule has 4 N–H and O–H groups in total. The van der Waals surface area contributed by atoms with E-state index in [4.69, 9.17) is 0 Å². The van der Waals surface area contributed by atoms with Crippen LogP contribution in [-0.2, 0) is 17.8 Å². The summed E-state index contributed by atoms with van der Waals surface area (Å²) in [6.07, 6.45) is 1.99. The maximum atomic E-state index is 12.1. The fraction of sp³-hybridized carbons (Fsp3) is 0.200. The largest absolute Gasteiger partial charge is 0.480 e. The highest BCUT2D eigenvalue weighted by Gasteiger charge is 2.21. The highest BCUT2D eigenvalue weighted by Crippen LogP contribution is 2.19. The lowest BCUT2D eigenvalue weighted by Gasteiger charge is -2.15. The molecule has 6 nitrogen and oxygen atoms in total. The summed E-state index contributed by atoms with van der Waals surface area (Å²) in [6, 6.07) is 13.9. The first-order valence-corrected chi connectivity index (χ1v) is 8.40. The Hall–Kier alpha value is -3.28. The summed E-state index contributed by atoms with van der Waals surface area (Å²) in [5, 5.41) is 15.7. The lowest BCUT2D eigenvalue weighted by atomic mass is 10.1. The number of nitrogens with one attached hydrogen (secondary N) is 3. The summed E-state index contributed by atoms with van der Waals surface area (Å²) in [4.78, 5) is 26.8. The zero-order valence-corrected chi connectivity index (χ0v) is 14.5. The van der Waals surface area contributed by atoms with Crippen LogP contribution in [0.4, 0.5) is 4.79 Å². The number of aryl methyl sites for hydroxylation is 1. The van der Waals surface area contributed by atoms with Crippen LogP contribution in [0.3, 0.4) is 0 Å². The number of carbonyl (C=O) groups is 2. The highest BCUT2D eigenvalue weighted by molar-refractivity contribution is 5.86. The Kier molecular flexibility index (Phi) is 5.22. The molecule has 3 rings (SSSR count). The molecule has 0 unspecified atom stereocenters. The van der Waals surface area contributed by atoms with E-state index in [-0.39, 0.29) is 6.42 Å². The molecule has 0 radical (unpaired) electrons. The number of aliphatic carboxylic acids is 1. The Bertz CT molecular complexity index is 915. The zero-order chi connectivity index (χ0) is 18.5. The van der Waals surface area contributed by atoms with Gasteiger partial charge in [-0.3, -0.25) is 0 Å². The molecule has 0 aliphatic heterocycles. The zero-order valence-electron chi connectivity index (χ0n) is 14.5. The van der Waals surface area contributed by atoms with Crippen molar-refractivity contribution in [3.8, 4) is 0 Å². The molecule has 0 aliphatic carbocycles. The van der Waals surface area contributed by atoms with Gasteiger partial charge in [-0.1, -0.05) is 48.0 Å². The van der Waals surface area contributed by atoms with E-state index in [1.54, 1.807) is 6.20 Å². The van der Waals surface area contributed by atoms with E-state index in [0.29, 0.717) is 6.54 Å². The molecule has 1 aromatic heterocycles. The van der Waals surface area contributed by atoms with Gasteiger partial charge in [-0.15, -0.1) is 0 Å². The third kappa shape index (κ3) is 4.22. The van der Waals surface area contributed by atoms with E-state index in [2.05, 4.69) is 15.6 Å². The van der Waals surface area contributed by atoms with Crippen molar-refractivity contribution in [3.63, 3.8) is 0 Å². The van der Waals surface area contributed by atoms with E-state index in [0.717, 1.165) is 27.6 Å². The van der Waals surface area contributed by atoms with Gasteiger partial charge in [0.1, 0.15) is 6.04 Å². The van der Waals surface area contributed by atoms with E-state index in [9.17, 15) is 14.7 Å². The van der Waals surface area contributed by atoms with Gasteiger partial charge in [0.05, 0.1) is 0 Å². The molecular weight excluding hydrogens is 330 g/mol. The Balaban J connectivity index is 1.62. The Morgan fingerprint density at radius 3 is 2.58 bits per heavy atom. The molecule has 0 spiro atoms. The number of carboxylic acids is 1. The van der Waals surface area contributed by atoms with E-state index in [1.165, 1.54) is 0 Å². The number of urea groups is 1. The van der Waals surface area contributed by atoms with Crippen molar-refractivity contribution in [1.29, 1.82) is 0 Å². The quantitative estimate of drug-likeness (QED) is 0.550. The predicted octanol–water partition coefficient (Wildman–Crippen LogP) is 2.97. The van der Waals surface area contributed by atoms with Gasteiger partial charge in [-0.25, -0.2) is 9.59 Å². The lowest BCUT2D eigenvalue weighted by molar-refractivity contribution is -0.139. The van der Waals surface area contributed by atoms with Crippen LogP contribution in [0.2, 0.25) is 0 Å². The third-order valence-electron chi connectivity index (χ3n) is 4.28. The molecule has 2 aromatic carbocycles. The van der Waals surface area contributed by atoms with Crippen LogP contribution in [-0.4, -0.2) is 28.1 Å². The van der Waals surface area contributed by atoms with E-state index < -0.39 is 18.0 Å². The van der Waals surface area contributed by atoms with Gasteiger partial charge in [0, 0.05) is 30.1 Å². The fourth-order valence-corrected chi connectivity index (χ4v) is 2.82. The van der Waals surface area contributed by atoms with Crippen molar-refractivity contribution in [2.75, 3.05) is 0 Å². The SMILES string of the molecule is Cc1ccc(CNC(=O)N[C@H](Cc2c[nH]c3ccccc23)C(=O)O)cc1. The Morgan fingerprint density at radius 1 is 1.12 bits per heavy atom. The van der Waals surface area contributed by atoms with Crippen LogP contribution < -0.4 is 10.6 Å². The second-order valence-corrected chi connectivity index (χ2v) is 6.27. The van der Waals surface area contributed by atoms with Gasteiger partial charge < -0.3 is 20.7 Å². The number of para-hydroxylation sites is 1. The van der Waals surface area contributed by atoms with Crippen molar-refractivity contribution >= 4 is 22.9 Å². The first kappa shape index (κ1) is 17.5. The lowest BCUT2D eigenvalue weighted by Crippen LogP contribution is -2.46. The summed E-state index contributed by atoms with van der Waals surface area (Å²) in [6.45, 7) is 2.33. The minimum absolute atomic E-state index is 0.206. The fourth-order valence-electron chi connectivity index (χ4n) is 2.82. The molecule has 0 saturated carbocycles. The Labute approximate surface area is 151 Å². The van der Waals surface area contributed by atoms with Gasteiger partial charge in [-0.2, -0.15) is 0 Å². The topological polar surface area (TPSA) is 94.2 Å². The molecule has 134 valence electrons. The van der Waals surface area contributed by atoms with Crippen molar-refractivity contribution in [2.24, 2.45) is 0 Å². The monoisotopic (exact) mass is 351 g/mol. The van der Waals surface area contributed by atoms with Gasteiger partial charge in [0.2, 0.25) is 0 Å². The minimum Gasteiger partial charge on any atom is -0.480 e. The number of rotatable bonds is 6. The van der Waals surface area contributed by atoms with Crippen LogP contribution >= 0.6 is 0 Å². The standard InChI is InChI=1S/C20H21N3O3/c1-13-6-8-14(9-7-13)11-22-20(26)23-18(19(24)25)10-15-12-21-17-5-3-2-4-16(15)17/h2-9,12,18,21H,10-11H2,1H3,(H,24,25)(H2,22,23,26)/t18-/m1/s1. The molecule has 6 heteroatoms.